The van der Waals surface area contributed by atoms with Crippen LogP contribution in [0.3, 0.4) is 0 Å². The van der Waals surface area contributed by atoms with E-state index in [0.717, 1.165) is 22.2 Å². The Hall–Kier alpha value is -2.79. The second-order valence-electron chi connectivity index (χ2n) is 5.04. The summed E-state index contributed by atoms with van der Waals surface area (Å²) in [5.74, 6) is -0.146. The predicted octanol–water partition coefficient (Wildman–Crippen LogP) is 3.29. The molecule has 0 unspecified atom stereocenters. The summed E-state index contributed by atoms with van der Waals surface area (Å²) in [5.41, 5.74) is 2.64. The SMILES string of the molecule is O=C(Cc1ccccc1)NC(=S)Nc1cccc2ncccc12. The van der Waals surface area contributed by atoms with Crippen LogP contribution in [0, 0.1) is 0 Å². The molecule has 114 valence electrons. The summed E-state index contributed by atoms with van der Waals surface area (Å²) < 4.78 is 0. The van der Waals surface area contributed by atoms with E-state index in [1.807, 2.05) is 60.7 Å². The molecule has 2 aromatic carbocycles. The van der Waals surface area contributed by atoms with E-state index < -0.39 is 0 Å². The van der Waals surface area contributed by atoms with Crippen molar-refractivity contribution in [3.8, 4) is 0 Å². The van der Waals surface area contributed by atoms with Crippen molar-refractivity contribution >= 4 is 39.8 Å². The highest BCUT2D eigenvalue weighted by Gasteiger charge is 2.07. The van der Waals surface area contributed by atoms with Gasteiger partial charge in [0.2, 0.25) is 5.91 Å². The van der Waals surface area contributed by atoms with Crippen LogP contribution in [0.2, 0.25) is 0 Å². The fourth-order valence-electron chi connectivity index (χ4n) is 2.32. The molecule has 0 saturated carbocycles. The lowest BCUT2D eigenvalue weighted by Crippen LogP contribution is -2.35. The molecule has 1 heterocycles. The first kappa shape index (κ1) is 15.1. The second-order valence-corrected chi connectivity index (χ2v) is 5.45. The first-order valence-corrected chi connectivity index (χ1v) is 7.62. The van der Waals surface area contributed by atoms with Gasteiger partial charge >= 0.3 is 0 Å². The van der Waals surface area contributed by atoms with Crippen LogP contribution in [0.5, 0.6) is 0 Å². The van der Waals surface area contributed by atoms with Crippen LogP contribution in [-0.2, 0) is 11.2 Å². The molecule has 23 heavy (non-hydrogen) atoms. The fourth-order valence-corrected chi connectivity index (χ4v) is 2.54. The zero-order chi connectivity index (χ0) is 16.1. The molecule has 0 aliphatic rings. The zero-order valence-corrected chi connectivity index (χ0v) is 13.1. The summed E-state index contributed by atoms with van der Waals surface area (Å²) in [5, 5.41) is 7.00. The van der Waals surface area contributed by atoms with Crippen molar-refractivity contribution in [3.63, 3.8) is 0 Å². The molecular weight excluding hydrogens is 306 g/mol. The van der Waals surface area contributed by atoms with Crippen LogP contribution in [0.25, 0.3) is 10.9 Å². The van der Waals surface area contributed by atoms with E-state index in [2.05, 4.69) is 15.6 Å². The molecule has 0 aliphatic heterocycles. The monoisotopic (exact) mass is 321 g/mol. The summed E-state index contributed by atoms with van der Waals surface area (Å²) in [6.45, 7) is 0. The second kappa shape index (κ2) is 6.98. The minimum atomic E-state index is -0.146. The number of pyridine rings is 1. The number of benzene rings is 2. The Balaban J connectivity index is 1.66. The van der Waals surface area contributed by atoms with Gasteiger partial charge in [-0.05, 0) is 42.0 Å². The molecule has 0 aliphatic carbocycles. The molecule has 4 nitrogen and oxygen atoms in total. The molecule has 0 spiro atoms. The lowest BCUT2D eigenvalue weighted by Gasteiger charge is -2.11. The third kappa shape index (κ3) is 3.90. The molecule has 0 saturated heterocycles. The van der Waals surface area contributed by atoms with Gasteiger partial charge in [0, 0.05) is 17.3 Å². The van der Waals surface area contributed by atoms with Crippen molar-refractivity contribution in [2.75, 3.05) is 5.32 Å². The van der Waals surface area contributed by atoms with Crippen molar-refractivity contribution in [1.82, 2.24) is 10.3 Å². The van der Waals surface area contributed by atoms with Crippen molar-refractivity contribution in [1.29, 1.82) is 0 Å². The number of rotatable bonds is 3. The Morgan fingerprint density at radius 2 is 1.83 bits per heavy atom. The van der Waals surface area contributed by atoms with Crippen LogP contribution < -0.4 is 10.6 Å². The Morgan fingerprint density at radius 1 is 1.00 bits per heavy atom. The maximum Gasteiger partial charge on any atom is 0.230 e. The van der Waals surface area contributed by atoms with E-state index in [0.29, 0.717) is 6.42 Å². The van der Waals surface area contributed by atoms with Crippen molar-refractivity contribution in [3.05, 3.63) is 72.4 Å². The Kier molecular flexibility index (Phi) is 4.59. The van der Waals surface area contributed by atoms with E-state index in [-0.39, 0.29) is 11.0 Å². The van der Waals surface area contributed by atoms with E-state index >= 15 is 0 Å². The van der Waals surface area contributed by atoms with Crippen LogP contribution in [-0.4, -0.2) is 16.0 Å². The number of hydrogen-bond acceptors (Lipinski definition) is 3. The van der Waals surface area contributed by atoms with Crippen LogP contribution in [0.1, 0.15) is 5.56 Å². The average molecular weight is 321 g/mol. The van der Waals surface area contributed by atoms with Crippen LogP contribution in [0.15, 0.2) is 66.9 Å². The number of anilines is 1. The maximum absolute atomic E-state index is 12.0. The number of carbonyl (C=O) groups is 1. The number of carbonyl (C=O) groups excluding carboxylic acids is 1. The minimum absolute atomic E-state index is 0.146. The Morgan fingerprint density at radius 3 is 2.65 bits per heavy atom. The summed E-state index contributed by atoms with van der Waals surface area (Å²) >= 11 is 5.23. The number of nitrogens with one attached hydrogen (secondary N) is 2. The highest BCUT2D eigenvalue weighted by atomic mass is 32.1. The van der Waals surface area contributed by atoms with E-state index in [9.17, 15) is 4.79 Å². The zero-order valence-electron chi connectivity index (χ0n) is 12.3. The van der Waals surface area contributed by atoms with Crippen molar-refractivity contribution in [2.45, 2.75) is 6.42 Å². The van der Waals surface area contributed by atoms with Gasteiger partial charge in [-0.2, -0.15) is 0 Å². The summed E-state index contributed by atoms with van der Waals surface area (Å²) in [6.07, 6.45) is 2.03. The largest absolute Gasteiger partial charge is 0.332 e. The summed E-state index contributed by atoms with van der Waals surface area (Å²) in [4.78, 5) is 16.3. The van der Waals surface area contributed by atoms with Gasteiger partial charge in [-0.1, -0.05) is 36.4 Å². The van der Waals surface area contributed by atoms with E-state index in [1.54, 1.807) is 6.20 Å². The molecule has 1 aromatic heterocycles. The Bertz CT molecular complexity index is 844. The van der Waals surface area contributed by atoms with Gasteiger partial charge < -0.3 is 10.6 Å². The first-order chi connectivity index (χ1) is 11.2. The van der Waals surface area contributed by atoms with Gasteiger partial charge in [0.1, 0.15) is 0 Å². The van der Waals surface area contributed by atoms with Gasteiger partial charge in [-0.3, -0.25) is 9.78 Å². The topological polar surface area (TPSA) is 54.0 Å². The summed E-state index contributed by atoms with van der Waals surface area (Å²) in [6, 6.07) is 19.1. The molecule has 0 fully saturated rings. The molecule has 0 atom stereocenters. The number of amides is 1. The molecule has 2 N–H and O–H groups in total. The molecular formula is C18H15N3OS. The minimum Gasteiger partial charge on any atom is -0.332 e. The molecule has 3 rings (SSSR count). The standard InChI is InChI=1S/C18H15N3OS/c22-17(12-13-6-2-1-3-7-13)21-18(23)20-16-10-4-9-15-14(16)8-5-11-19-15/h1-11H,12H2,(H2,20,21,22,23). The number of nitrogens with zero attached hydrogens (tertiary/aromatic N) is 1. The molecule has 1 amide bonds. The molecule has 5 heteroatoms. The molecule has 0 bridgehead atoms. The number of aromatic nitrogens is 1. The highest BCUT2D eigenvalue weighted by molar-refractivity contribution is 7.80. The van der Waals surface area contributed by atoms with Crippen LogP contribution >= 0.6 is 12.2 Å². The average Bonchev–Trinajstić information content (AvgIpc) is 2.56. The quantitative estimate of drug-likeness (QED) is 0.727. The maximum atomic E-state index is 12.0. The van der Waals surface area contributed by atoms with Gasteiger partial charge in [-0.15, -0.1) is 0 Å². The fraction of sp³-hybridized carbons (Fsp3) is 0.0556. The Labute approximate surface area is 139 Å². The van der Waals surface area contributed by atoms with E-state index in [1.165, 1.54) is 0 Å². The third-order valence-corrected chi connectivity index (χ3v) is 3.56. The number of hydrogen-bond donors (Lipinski definition) is 2. The lowest BCUT2D eigenvalue weighted by molar-refractivity contribution is -0.119. The molecule has 0 radical (unpaired) electrons. The molecule has 3 aromatic rings. The van der Waals surface area contributed by atoms with Crippen molar-refractivity contribution in [2.24, 2.45) is 0 Å². The predicted molar refractivity (Wildman–Crippen MR) is 96.3 cm³/mol. The normalized spacial score (nSPS) is 10.3. The van der Waals surface area contributed by atoms with Gasteiger partial charge in [0.25, 0.3) is 0 Å². The first-order valence-electron chi connectivity index (χ1n) is 7.21. The lowest BCUT2D eigenvalue weighted by atomic mass is 10.1. The number of thiocarbonyl (C=S) groups is 1. The van der Waals surface area contributed by atoms with Gasteiger partial charge in [0.15, 0.2) is 5.11 Å². The summed E-state index contributed by atoms with van der Waals surface area (Å²) in [7, 11) is 0. The van der Waals surface area contributed by atoms with Gasteiger partial charge in [0.05, 0.1) is 11.9 Å². The number of fused-ring (bicyclic) bond motifs is 1. The van der Waals surface area contributed by atoms with Gasteiger partial charge in [-0.25, -0.2) is 0 Å². The van der Waals surface area contributed by atoms with Crippen LogP contribution in [0.4, 0.5) is 5.69 Å². The van der Waals surface area contributed by atoms with E-state index in [4.69, 9.17) is 12.2 Å². The smallest absolute Gasteiger partial charge is 0.230 e. The highest BCUT2D eigenvalue weighted by Crippen LogP contribution is 2.21. The third-order valence-electron chi connectivity index (χ3n) is 3.35. The van der Waals surface area contributed by atoms with Crippen molar-refractivity contribution < 1.29 is 4.79 Å².